The Balaban J connectivity index is 2.28. The van der Waals surface area contributed by atoms with E-state index in [1.165, 1.54) is 0 Å². The van der Waals surface area contributed by atoms with E-state index < -0.39 is 53.9 Å². The van der Waals surface area contributed by atoms with Gasteiger partial charge < -0.3 is 23.8 Å². The number of fused-ring (bicyclic) bond motifs is 2. The molecule has 0 saturated heterocycles. The van der Waals surface area contributed by atoms with Gasteiger partial charge in [0.05, 0.1) is 12.8 Å². The zero-order valence-corrected chi connectivity index (χ0v) is 9.07. The SMILES string of the molecule is O=C1CC2(O)CC(=O)On3c(c(oc3=O)O1)OC2=O. The van der Waals surface area contributed by atoms with Gasteiger partial charge in [-0.25, -0.2) is 14.4 Å². The fourth-order valence-electron chi connectivity index (χ4n) is 1.70. The third-order valence-electron chi connectivity index (χ3n) is 2.55. The zero-order valence-electron chi connectivity index (χ0n) is 9.07. The summed E-state index contributed by atoms with van der Waals surface area (Å²) >= 11 is 0. The Morgan fingerprint density at radius 1 is 1.05 bits per heavy atom. The highest BCUT2D eigenvalue weighted by Crippen LogP contribution is 2.33. The van der Waals surface area contributed by atoms with Gasteiger partial charge in [-0.15, -0.1) is 0 Å². The Hall–Kier alpha value is -2.62. The van der Waals surface area contributed by atoms with Crippen LogP contribution in [0.1, 0.15) is 12.8 Å². The number of esters is 2. The molecule has 0 amide bonds. The minimum absolute atomic E-state index is 0.230. The van der Waals surface area contributed by atoms with Crippen molar-refractivity contribution in [2.45, 2.75) is 18.4 Å². The standard InChI is InChI=1S/C9H5NO9/c11-3-1-9(15)2-4(12)19-10-5(17-7(9)13)6(16-3)18-8(10)14/h15H,1-2H2. The van der Waals surface area contributed by atoms with Gasteiger partial charge in [-0.3, -0.25) is 4.79 Å². The molecule has 1 N–H and O–H groups in total. The van der Waals surface area contributed by atoms with Crippen LogP contribution in [0.2, 0.25) is 0 Å². The monoisotopic (exact) mass is 271 g/mol. The van der Waals surface area contributed by atoms with Crippen molar-refractivity contribution in [1.82, 2.24) is 4.73 Å². The number of aromatic nitrogens is 1. The van der Waals surface area contributed by atoms with Gasteiger partial charge in [0, 0.05) is 0 Å². The molecule has 1 atom stereocenters. The second-order valence-corrected chi connectivity index (χ2v) is 3.97. The number of rotatable bonds is 0. The molecular formula is C9H5NO9. The van der Waals surface area contributed by atoms with Gasteiger partial charge in [-0.05, 0) is 0 Å². The molecule has 0 saturated carbocycles. The number of oxazole rings is 1. The van der Waals surface area contributed by atoms with Gasteiger partial charge in [0.15, 0.2) is 5.60 Å². The highest BCUT2D eigenvalue weighted by molar-refractivity contribution is 5.93. The molecule has 19 heavy (non-hydrogen) atoms. The van der Waals surface area contributed by atoms with E-state index in [-0.39, 0.29) is 4.73 Å². The van der Waals surface area contributed by atoms with Crippen molar-refractivity contribution in [3.63, 3.8) is 0 Å². The van der Waals surface area contributed by atoms with Crippen LogP contribution >= 0.6 is 0 Å². The molecule has 0 aromatic carbocycles. The number of aliphatic hydroxyl groups is 1. The Morgan fingerprint density at radius 2 is 1.74 bits per heavy atom. The van der Waals surface area contributed by atoms with Crippen molar-refractivity contribution in [2.75, 3.05) is 0 Å². The average Bonchev–Trinajstić information content (AvgIpc) is 2.53. The van der Waals surface area contributed by atoms with Gasteiger partial charge in [-0.2, -0.15) is 0 Å². The molecule has 0 aliphatic carbocycles. The van der Waals surface area contributed by atoms with E-state index in [9.17, 15) is 24.3 Å². The zero-order chi connectivity index (χ0) is 13.8. The summed E-state index contributed by atoms with van der Waals surface area (Å²) in [6.07, 6.45) is -1.71. The lowest BCUT2D eigenvalue weighted by Crippen LogP contribution is -2.50. The molecule has 3 rings (SSSR count). The summed E-state index contributed by atoms with van der Waals surface area (Å²) in [5.74, 6) is -6.10. The number of carbonyl (C=O) groups excluding carboxylic acids is 3. The van der Waals surface area contributed by atoms with Crippen molar-refractivity contribution in [1.29, 1.82) is 0 Å². The summed E-state index contributed by atoms with van der Waals surface area (Å²) in [7, 11) is 0. The van der Waals surface area contributed by atoms with Gasteiger partial charge in [0.2, 0.25) is 0 Å². The first-order valence-corrected chi connectivity index (χ1v) is 5.01. The van der Waals surface area contributed by atoms with Crippen LogP contribution in [0.25, 0.3) is 0 Å². The molecule has 10 heteroatoms. The van der Waals surface area contributed by atoms with Crippen molar-refractivity contribution in [2.24, 2.45) is 0 Å². The van der Waals surface area contributed by atoms with Gasteiger partial charge in [0.25, 0.3) is 0 Å². The minimum atomic E-state index is -2.41. The molecule has 0 radical (unpaired) electrons. The van der Waals surface area contributed by atoms with E-state index in [4.69, 9.17) is 0 Å². The molecule has 1 unspecified atom stereocenters. The predicted molar refractivity (Wildman–Crippen MR) is 50.0 cm³/mol. The first kappa shape index (κ1) is 11.5. The van der Waals surface area contributed by atoms with Crippen LogP contribution in [0.15, 0.2) is 9.21 Å². The normalized spacial score (nSPS) is 25.6. The molecule has 0 fully saturated rings. The molecule has 0 spiro atoms. The largest absolute Gasteiger partial charge is 0.459 e. The summed E-state index contributed by atoms with van der Waals surface area (Å²) in [6, 6.07) is 0. The third-order valence-corrected chi connectivity index (χ3v) is 2.55. The van der Waals surface area contributed by atoms with Crippen molar-refractivity contribution < 1.29 is 38.2 Å². The van der Waals surface area contributed by atoms with E-state index in [0.29, 0.717) is 0 Å². The topological polar surface area (TPSA) is 134 Å². The average molecular weight is 271 g/mol. The fourth-order valence-corrected chi connectivity index (χ4v) is 1.70. The van der Waals surface area contributed by atoms with E-state index in [2.05, 4.69) is 18.7 Å². The molecule has 2 aliphatic rings. The minimum Gasteiger partial charge on any atom is -0.397 e. The molecule has 2 aliphatic heterocycles. The van der Waals surface area contributed by atoms with Crippen LogP contribution in [0.3, 0.4) is 0 Å². The maximum absolute atomic E-state index is 11.7. The summed E-state index contributed by atoms with van der Waals surface area (Å²) in [5, 5.41) is 9.95. The lowest BCUT2D eigenvalue weighted by Gasteiger charge is -2.26. The van der Waals surface area contributed by atoms with Gasteiger partial charge in [0.1, 0.15) is 0 Å². The maximum Gasteiger partial charge on any atom is 0.459 e. The lowest BCUT2D eigenvalue weighted by atomic mass is 9.95. The summed E-state index contributed by atoms with van der Waals surface area (Å²) in [5.41, 5.74) is -2.41. The highest BCUT2D eigenvalue weighted by atomic mass is 16.8. The first-order valence-electron chi connectivity index (χ1n) is 5.01. The number of ether oxygens (including phenoxy) is 2. The summed E-state index contributed by atoms with van der Waals surface area (Å²) in [4.78, 5) is 50.5. The quantitative estimate of drug-likeness (QED) is 0.519. The van der Waals surface area contributed by atoms with Crippen LogP contribution < -0.4 is 20.1 Å². The Morgan fingerprint density at radius 3 is 2.47 bits per heavy atom. The molecule has 2 bridgehead atoms. The molecule has 3 heterocycles. The van der Waals surface area contributed by atoms with Crippen LogP contribution in [-0.4, -0.2) is 33.3 Å². The van der Waals surface area contributed by atoms with E-state index in [1.807, 2.05) is 0 Å². The first-order chi connectivity index (χ1) is 8.89. The fraction of sp³-hybridized carbons (Fsp3) is 0.333. The van der Waals surface area contributed by atoms with E-state index in [0.717, 1.165) is 0 Å². The number of hydrogen-bond donors (Lipinski definition) is 1. The number of hydrogen-bond acceptors (Lipinski definition) is 9. The van der Waals surface area contributed by atoms with Crippen molar-refractivity contribution >= 4 is 17.9 Å². The molecular weight excluding hydrogens is 266 g/mol. The lowest BCUT2D eigenvalue weighted by molar-refractivity contribution is -0.176. The van der Waals surface area contributed by atoms with Gasteiger partial charge in [-0.1, -0.05) is 4.73 Å². The molecule has 1 aromatic rings. The summed E-state index contributed by atoms with van der Waals surface area (Å²) < 4.78 is 14.0. The van der Waals surface area contributed by atoms with E-state index >= 15 is 0 Å². The molecule has 10 nitrogen and oxygen atoms in total. The highest BCUT2D eigenvalue weighted by Gasteiger charge is 2.49. The number of nitrogens with zero attached hydrogens (tertiary/aromatic N) is 1. The number of carbonyl (C=O) groups is 3. The third kappa shape index (κ3) is 1.61. The predicted octanol–water partition coefficient (Wildman–Crippen LogP) is -2.25. The van der Waals surface area contributed by atoms with Crippen LogP contribution in [0, 0.1) is 0 Å². The Bertz CT molecular complexity index is 668. The molecule has 1 aromatic heterocycles. The van der Waals surface area contributed by atoms with Gasteiger partial charge >= 0.3 is 35.5 Å². The maximum atomic E-state index is 11.7. The molecule has 100 valence electrons. The smallest absolute Gasteiger partial charge is 0.397 e. The van der Waals surface area contributed by atoms with Crippen molar-refractivity contribution in [3.05, 3.63) is 10.6 Å². The summed E-state index contributed by atoms with van der Waals surface area (Å²) in [6.45, 7) is 0. The second kappa shape index (κ2) is 3.45. The van der Waals surface area contributed by atoms with Crippen LogP contribution in [-0.2, 0) is 14.4 Å². The Kier molecular flexibility index (Phi) is 2.08. The van der Waals surface area contributed by atoms with Crippen LogP contribution in [0.4, 0.5) is 0 Å². The Labute approximate surface area is 103 Å². The second-order valence-electron chi connectivity index (χ2n) is 3.97. The van der Waals surface area contributed by atoms with Crippen molar-refractivity contribution in [3.8, 4) is 11.8 Å². The van der Waals surface area contributed by atoms with E-state index in [1.54, 1.807) is 0 Å². The van der Waals surface area contributed by atoms with Crippen LogP contribution in [0.5, 0.6) is 11.8 Å².